The van der Waals surface area contributed by atoms with E-state index in [1.165, 1.54) is 35.8 Å². The predicted octanol–water partition coefficient (Wildman–Crippen LogP) is 3.90. The molecule has 1 heterocycles. The number of hydrogen-bond donors (Lipinski definition) is 1. The number of rotatable bonds is 8. The molecule has 0 aliphatic carbocycles. The molecule has 0 saturated carbocycles. The number of anilines is 1. The van der Waals surface area contributed by atoms with E-state index in [0.717, 1.165) is 0 Å². The molecule has 1 aromatic carbocycles. The lowest BCUT2D eigenvalue weighted by Crippen LogP contribution is -2.32. The van der Waals surface area contributed by atoms with Crippen molar-refractivity contribution in [3.05, 3.63) is 29.8 Å². The number of ether oxygens (including phenoxy) is 2. The number of thioether (sulfide) groups is 1. The van der Waals surface area contributed by atoms with Crippen molar-refractivity contribution >= 4 is 40.1 Å². The molecular formula is C19H25N3O4S2. The molecule has 1 amide bonds. The van der Waals surface area contributed by atoms with Gasteiger partial charge in [0.25, 0.3) is 5.91 Å². The summed E-state index contributed by atoms with van der Waals surface area (Å²) in [5, 5.41) is 11.0. The first-order chi connectivity index (χ1) is 13.2. The van der Waals surface area contributed by atoms with E-state index in [1.54, 1.807) is 0 Å². The van der Waals surface area contributed by atoms with Gasteiger partial charge in [-0.3, -0.25) is 14.9 Å². The third-order valence-corrected chi connectivity index (χ3v) is 5.79. The van der Waals surface area contributed by atoms with Crippen LogP contribution in [0, 0.1) is 0 Å². The van der Waals surface area contributed by atoms with Gasteiger partial charge in [0.15, 0.2) is 10.4 Å². The fourth-order valence-corrected chi connectivity index (χ4v) is 3.79. The van der Waals surface area contributed by atoms with Gasteiger partial charge in [-0.25, -0.2) is 0 Å². The molecule has 0 saturated heterocycles. The highest BCUT2D eigenvalue weighted by atomic mass is 32.2. The number of esters is 1. The topological polar surface area (TPSA) is 90.4 Å². The Morgan fingerprint density at radius 2 is 1.89 bits per heavy atom. The van der Waals surface area contributed by atoms with Gasteiger partial charge >= 0.3 is 5.97 Å². The Hall–Kier alpha value is -2.13. The van der Waals surface area contributed by atoms with Crippen LogP contribution < -0.4 is 10.1 Å². The average Bonchev–Trinajstić information content (AvgIpc) is 3.11. The quantitative estimate of drug-likeness (QED) is 0.391. The van der Waals surface area contributed by atoms with Crippen LogP contribution in [0.2, 0.25) is 0 Å². The van der Waals surface area contributed by atoms with E-state index in [0.29, 0.717) is 21.6 Å². The van der Waals surface area contributed by atoms with Gasteiger partial charge in [0.2, 0.25) is 5.13 Å². The second-order valence-electron chi connectivity index (χ2n) is 7.02. The normalized spacial score (nSPS) is 12.3. The summed E-state index contributed by atoms with van der Waals surface area (Å²) in [5.74, 6) is 0.150. The number of amides is 1. The molecule has 0 spiro atoms. The van der Waals surface area contributed by atoms with Crippen molar-refractivity contribution in [3.8, 4) is 5.75 Å². The van der Waals surface area contributed by atoms with Crippen LogP contribution >= 0.6 is 23.1 Å². The third kappa shape index (κ3) is 6.49. The highest BCUT2D eigenvalue weighted by molar-refractivity contribution is 8.01. The van der Waals surface area contributed by atoms with Crippen LogP contribution in [0.1, 0.15) is 39.7 Å². The van der Waals surface area contributed by atoms with Crippen LogP contribution in [0.5, 0.6) is 5.75 Å². The highest BCUT2D eigenvalue weighted by Crippen LogP contribution is 2.27. The summed E-state index contributed by atoms with van der Waals surface area (Å²) in [5.41, 5.74) is 1.25. The molecule has 28 heavy (non-hydrogen) atoms. The molecule has 0 fully saturated rings. The van der Waals surface area contributed by atoms with E-state index < -0.39 is 6.10 Å². The van der Waals surface area contributed by atoms with Crippen LogP contribution in [0.15, 0.2) is 28.6 Å². The second kappa shape index (κ2) is 9.88. The molecule has 1 unspecified atom stereocenters. The number of methoxy groups -OCH3 is 1. The Balaban J connectivity index is 1.94. The Morgan fingerprint density at radius 3 is 2.46 bits per heavy atom. The average molecular weight is 424 g/mol. The van der Waals surface area contributed by atoms with Crippen LogP contribution in [-0.2, 0) is 19.7 Å². The smallest absolute Gasteiger partial charge is 0.316 e. The number of nitrogens with one attached hydrogen (secondary N) is 1. The standard InChI is InChI=1S/C19H25N3O4S2/c1-6-14(26-13-9-7-12(8-10-13)19(2,3)4)16(24)20-17-21-22-18(28-17)27-11-15(23)25-5/h7-10,14H,6,11H2,1-5H3,(H,20,21,24). The molecule has 1 N–H and O–H groups in total. The zero-order chi connectivity index (χ0) is 20.7. The zero-order valence-corrected chi connectivity index (χ0v) is 18.3. The lowest BCUT2D eigenvalue weighted by molar-refractivity contribution is -0.137. The second-order valence-corrected chi connectivity index (χ2v) is 9.22. The van der Waals surface area contributed by atoms with Crippen molar-refractivity contribution in [2.24, 2.45) is 0 Å². The summed E-state index contributed by atoms with van der Waals surface area (Å²) in [6, 6.07) is 7.77. The molecule has 2 rings (SSSR count). The minimum Gasteiger partial charge on any atom is -0.481 e. The van der Waals surface area contributed by atoms with Crippen LogP contribution in [0.3, 0.4) is 0 Å². The number of hydrogen-bond acceptors (Lipinski definition) is 8. The van der Waals surface area contributed by atoms with Crippen molar-refractivity contribution in [1.82, 2.24) is 10.2 Å². The summed E-state index contributed by atoms with van der Waals surface area (Å²) in [6.07, 6.45) is -0.133. The summed E-state index contributed by atoms with van der Waals surface area (Å²) in [4.78, 5) is 23.7. The molecule has 9 heteroatoms. The Labute approximate surface area is 173 Å². The van der Waals surface area contributed by atoms with E-state index in [2.05, 4.69) is 41.0 Å². The van der Waals surface area contributed by atoms with E-state index >= 15 is 0 Å². The van der Waals surface area contributed by atoms with Crippen LogP contribution in [0.25, 0.3) is 0 Å². The van der Waals surface area contributed by atoms with Crippen molar-refractivity contribution in [3.63, 3.8) is 0 Å². The maximum Gasteiger partial charge on any atom is 0.316 e. The molecule has 0 bridgehead atoms. The van der Waals surface area contributed by atoms with Crippen molar-refractivity contribution in [2.45, 2.75) is 50.0 Å². The fraction of sp³-hybridized carbons (Fsp3) is 0.474. The maximum atomic E-state index is 12.5. The first-order valence-corrected chi connectivity index (χ1v) is 10.6. The molecule has 1 atom stereocenters. The van der Waals surface area contributed by atoms with Gasteiger partial charge in [-0.15, -0.1) is 10.2 Å². The molecule has 7 nitrogen and oxygen atoms in total. The lowest BCUT2D eigenvalue weighted by Gasteiger charge is -2.20. The van der Waals surface area contributed by atoms with Gasteiger partial charge < -0.3 is 9.47 Å². The van der Waals surface area contributed by atoms with E-state index in [-0.39, 0.29) is 23.0 Å². The molecular weight excluding hydrogens is 398 g/mol. The summed E-state index contributed by atoms with van der Waals surface area (Å²) >= 11 is 2.41. The molecule has 2 aromatic rings. The number of carbonyl (C=O) groups excluding carboxylic acids is 2. The Bertz CT molecular complexity index is 800. The summed E-state index contributed by atoms with van der Waals surface area (Å²) in [6.45, 7) is 8.31. The number of benzene rings is 1. The SMILES string of the molecule is CCC(Oc1ccc(C(C)(C)C)cc1)C(=O)Nc1nnc(SCC(=O)OC)s1. The molecule has 152 valence electrons. The summed E-state index contributed by atoms with van der Waals surface area (Å²) < 4.78 is 11.0. The number of nitrogens with zero attached hydrogens (tertiary/aromatic N) is 2. The lowest BCUT2D eigenvalue weighted by atomic mass is 9.87. The molecule has 0 radical (unpaired) electrons. The Morgan fingerprint density at radius 1 is 1.21 bits per heavy atom. The zero-order valence-electron chi connectivity index (χ0n) is 16.6. The van der Waals surface area contributed by atoms with Gasteiger partial charge in [-0.2, -0.15) is 0 Å². The van der Waals surface area contributed by atoms with E-state index in [9.17, 15) is 9.59 Å². The van der Waals surface area contributed by atoms with Crippen LogP contribution in [-0.4, -0.2) is 41.0 Å². The molecule has 1 aromatic heterocycles. The van der Waals surface area contributed by atoms with E-state index in [1.807, 2.05) is 31.2 Å². The largest absolute Gasteiger partial charge is 0.481 e. The monoisotopic (exact) mass is 423 g/mol. The predicted molar refractivity (Wildman–Crippen MR) is 111 cm³/mol. The van der Waals surface area contributed by atoms with Crippen LogP contribution in [0.4, 0.5) is 5.13 Å². The van der Waals surface area contributed by atoms with Crippen molar-refractivity contribution in [2.75, 3.05) is 18.2 Å². The van der Waals surface area contributed by atoms with Gasteiger partial charge in [-0.1, -0.05) is 62.9 Å². The first kappa shape index (κ1) is 22.2. The minimum absolute atomic E-state index is 0.0570. The molecule has 0 aliphatic heterocycles. The molecule has 0 aliphatic rings. The number of carbonyl (C=O) groups is 2. The van der Waals surface area contributed by atoms with Crippen molar-refractivity contribution < 1.29 is 19.1 Å². The Kier molecular flexibility index (Phi) is 7.82. The number of aromatic nitrogens is 2. The van der Waals surface area contributed by atoms with Gasteiger partial charge in [-0.05, 0) is 29.5 Å². The first-order valence-electron chi connectivity index (χ1n) is 8.84. The fourth-order valence-electron chi connectivity index (χ4n) is 2.20. The van der Waals surface area contributed by atoms with Gasteiger partial charge in [0.05, 0.1) is 12.9 Å². The summed E-state index contributed by atoms with van der Waals surface area (Å²) in [7, 11) is 1.33. The minimum atomic E-state index is -0.643. The highest BCUT2D eigenvalue weighted by Gasteiger charge is 2.21. The van der Waals surface area contributed by atoms with Gasteiger partial charge in [0.1, 0.15) is 5.75 Å². The van der Waals surface area contributed by atoms with Gasteiger partial charge in [0, 0.05) is 0 Å². The maximum absolute atomic E-state index is 12.5. The van der Waals surface area contributed by atoms with Crippen molar-refractivity contribution in [1.29, 1.82) is 0 Å². The third-order valence-electron chi connectivity index (χ3n) is 3.84. The van der Waals surface area contributed by atoms with E-state index in [4.69, 9.17) is 4.74 Å².